The highest BCUT2D eigenvalue weighted by Crippen LogP contribution is 2.29. The van der Waals surface area contributed by atoms with E-state index in [1.54, 1.807) is 18.2 Å². The van der Waals surface area contributed by atoms with Crippen molar-refractivity contribution in [1.82, 2.24) is 14.9 Å². The van der Waals surface area contributed by atoms with E-state index in [1.807, 2.05) is 31.2 Å². The molecule has 0 aliphatic heterocycles. The Bertz CT molecular complexity index is 1050. The number of imidazole rings is 1. The summed E-state index contributed by atoms with van der Waals surface area (Å²) < 4.78 is 33.4. The van der Waals surface area contributed by atoms with Gasteiger partial charge in [0.2, 0.25) is 5.91 Å². The molecule has 8 heteroatoms. The summed E-state index contributed by atoms with van der Waals surface area (Å²) in [5, 5.41) is 2.73. The lowest BCUT2D eigenvalue weighted by atomic mass is 10.0. The van der Waals surface area contributed by atoms with E-state index in [1.165, 1.54) is 19.9 Å². The second-order valence-corrected chi connectivity index (χ2v) is 7.11. The number of rotatable bonds is 7. The number of aryl methyl sites for hydroxylation is 1. The van der Waals surface area contributed by atoms with Crippen molar-refractivity contribution in [3.8, 4) is 0 Å². The number of carbonyl (C=O) groups excluding carboxylic acids is 2. The molecule has 0 bridgehead atoms. The summed E-state index contributed by atoms with van der Waals surface area (Å²) in [4.78, 5) is 28.4. The van der Waals surface area contributed by atoms with Gasteiger partial charge in [0.25, 0.3) is 0 Å². The summed E-state index contributed by atoms with van der Waals surface area (Å²) in [6.07, 6.45) is -1.13. The summed E-state index contributed by atoms with van der Waals surface area (Å²) in [7, 11) is 0. The number of benzene rings is 2. The van der Waals surface area contributed by atoms with E-state index in [2.05, 4.69) is 10.3 Å². The molecule has 1 aromatic heterocycles. The number of carbonyl (C=O) groups is 2. The molecular weight excluding hydrogens is 392 g/mol. The quantitative estimate of drug-likeness (QED) is 0.572. The van der Waals surface area contributed by atoms with Crippen LogP contribution in [0.2, 0.25) is 0 Å². The first-order chi connectivity index (χ1) is 14.3. The summed E-state index contributed by atoms with van der Waals surface area (Å²) in [6, 6.07) is 13.3. The second kappa shape index (κ2) is 9.02. The number of esters is 1. The van der Waals surface area contributed by atoms with E-state index in [-0.39, 0.29) is 23.7 Å². The highest BCUT2D eigenvalue weighted by atomic mass is 19.3. The van der Waals surface area contributed by atoms with E-state index >= 15 is 0 Å². The van der Waals surface area contributed by atoms with Gasteiger partial charge in [0.05, 0.1) is 23.5 Å². The minimum absolute atomic E-state index is 0.0361. The zero-order chi connectivity index (χ0) is 21.8. The van der Waals surface area contributed by atoms with Gasteiger partial charge in [-0.1, -0.05) is 42.0 Å². The van der Waals surface area contributed by atoms with Crippen LogP contribution in [-0.2, 0) is 14.3 Å². The van der Waals surface area contributed by atoms with E-state index in [0.29, 0.717) is 5.52 Å². The Hall–Kier alpha value is -3.29. The predicted octanol–water partition coefficient (Wildman–Crippen LogP) is 4.61. The molecule has 1 amide bonds. The number of alkyl halides is 2. The SMILES string of the molecule is CC(=O)NC(CC(=O)OC(C)c1nc2ccccc2n1C(F)F)c1ccc(C)cc1. The smallest absolute Gasteiger partial charge is 0.320 e. The molecule has 158 valence electrons. The number of para-hydroxylation sites is 2. The van der Waals surface area contributed by atoms with Gasteiger partial charge in [-0.3, -0.25) is 14.2 Å². The van der Waals surface area contributed by atoms with Crippen LogP contribution in [0.1, 0.15) is 55.9 Å². The number of aromatic nitrogens is 2. The molecule has 0 radical (unpaired) electrons. The first kappa shape index (κ1) is 21.4. The van der Waals surface area contributed by atoms with Crippen molar-refractivity contribution in [2.24, 2.45) is 0 Å². The molecule has 30 heavy (non-hydrogen) atoms. The van der Waals surface area contributed by atoms with Crippen molar-refractivity contribution in [3.05, 3.63) is 65.5 Å². The van der Waals surface area contributed by atoms with Gasteiger partial charge >= 0.3 is 12.5 Å². The van der Waals surface area contributed by atoms with Crippen molar-refractivity contribution in [1.29, 1.82) is 0 Å². The normalized spacial score (nSPS) is 13.3. The van der Waals surface area contributed by atoms with Gasteiger partial charge in [-0.25, -0.2) is 4.98 Å². The average molecular weight is 415 g/mol. The molecule has 3 aromatic rings. The minimum atomic E-state index is -2.83. The Morgan fingerprint density at radius 2 is 1.80 bits per heavy atom. The summed E-state index contributed by atoms with van der Waals surface area (Å²) in [5.74, 6) is -0.957. The molecule has 0 saturated carbocycles. The van der Waals surface area contributed by atoms with Crippen LogP contribution in [0.15, 0.2) is 48.5 Å². The summed E-state index contributed by atoms with van der Waals surface area (Å²) in [6.45, 7) is 1.97. The van der Waals surface area contributed by atoms with Crippen LogP contribution < -0.4 is 5.32 Å². The molecule has 0 spiro atoms. The summed E-state index contributed by atoms with van der Waals surface area (Å²) in [5.41, 5.74) is 2.45. The number of hydrogen-bond donors (Lipinski definition) is 1. The van der Waals surface area contributed by atoms with E-state index in [0.717, 1.165) is 15.7 Å². The van der Waals surface area contributed by atoms with E-state index in [9.17, 15) is 18.4 Å². The standard InChI is InChI=1S/C22H23F2N3O3/c1-13-8-10-16(11-9-13)18(25-15(3)28)12-20(29)30-14(2)21-26-17-6-4-5-7-19(17)27(21)22(23)24/h4-11,14,18,22H,12H2,1-3H3,(H,25,28). The van der Waals surface area contributed by atoms with Crippen LogP contribution in [0.4, 0.5) is 8.78 Å². The van der Waals surface area contributed by atoms with Gasteiger partial charge in [-0.15, -0.1) is 0 Å². The Labute approximate surface area is 172 Å². The maximum Gasteiger partial charge on any atom is 0.320 e. The van der Waals surface area contributed by atoms with Gasteiger partial charge < -0.3 is 10.1 Å². The van der Waals surface area contributed by atoms with Crippen LogP contribution in [-0.4, -0.2) is 21.4 Å². The predicted molar refractivity (Wildman–Crippen MR) is 108 cm³/mol. The molecule has 0 aliphatic rings. The Morgan fingerprint density at radius 3 is 2.43 bits per heavy atom. The molecule has 6 nitrogen and oxygen atoms in total. The molecule has 2 aromatic carbocycles. The largest absolute Gasteiger partial charge is 0.454 e. The lowest BCUT2D eigenvalue weighted by Gasteiger charge is -2.20. The van der Waals surface area contributed by atoms with Crippen molar-refractivity contribution in [3.63, 3.8) is 0 Å². The molecule has 0 fully saturated rings. The van der Waals surface area contributed by atoms with Crippen molar-refractivity contribution in [2.45, 2.75) is 45.9 Å². The third-order valence-electron chi connectivity index (χ3n) is 4.72. The molecule has 1 heterocycles. The highest BCUT2D eigenvalue weighted by Gasteiger charge is 2.26. The monoisotopic (exact) mass is 415 g/mol. The molecule has 1 N–H and O–H groups in total. The van der Waals surface area contributed by atoms with Gasteiger partial charge in [0.1, 0.15) is 0 Å². The first-order valence-electron chi connectivity index (χ1n) is 9.54. The van der Waals surface area contributed by atoms with Gasteiger partial charge in [0.15, 0.2) is 11.9 Å². The minimum Gasteiger partial charge on any atom is -0.454 e. The molecule has 0 saturated heterocycles. The van der Waals surface area contributed by atoms with Crippen molar-refractivity contribution < 1.29 is 23.1 Å². The first-order valence-corrected chi connectivity index (χ1v) is 9.54. The number of halogens is 2. The van der Waals surface area contributed by atoms with Crippen LogP contribution in [0.5, 0.6) is 0 Å². The van der Waals surface area contributed by atoms with Crippen molar-refractivity contribution >= 4 is 22.9 Å². The number of fused-ring (bicyclic) bond motifs is 1. The zero-order valence-electron chi connectivity index (χ0n) is 16.9. The number of nitrogens with zero attached hydrogens (tertiary/aromatic N) is 2. The Balaban J connectivity index is 1.79. The molecule has 2 unspecified atom stereocenters. The topological polar surface area (TPSA) is 73.2 Å². The van der Waals surface area contributed by atoms with Crippen LogP contribution >= 0.6 is 0 Å². The fourth-order valence-corrected chi connectivity index (χ4v) is 3.32. The average Bonchev–Trinajstić information content (AvgIpc) is 3.07. The third kappa shape index (κ3) is 4.82. The van der Waals surface area contributed by atoms with E-state index < -0.39 is 24.7 Å². The Kier molecular flexibility index (Phi) is 6.44. The lowest BCUT2D eigenvalue weighted by molar-refractivity contribution is -0.150. The van der Waals surface area contributed by atoms with Crippen LogP contribution in [0, 0.1) is 6.92 Å². The zero-order valence-corrected chi connectivity index (χ0v) is 16.9. The van der Waals surface area contributed by atoms with Crippen LogP contribution in [0.3, 0.4) is 0 Å². The Morgan fingerprint density at radius 1 is 1.13 bits per heavy atom. The number of amides is 1. The fraction of sp³-hybridized carbons (Fsp3) is 0.318. The number of nitrogens with one attached hydrogen (secondary N) is 1. The maximum absolute atomic E-state index is 13.6. The molecule has 3 rings (SSSR count). The second-order valence-electron chi connectivity index (χ2n) is 7.11. The maximum atomic E-state index is 13.6. The van der Waals surface area contributed by atoms with E-state index in [4.69, 9.17) is 4.74 Å². The number of ether oxygens (including phenoxy) is 1. The third-order valence-corrected chi connectivity index (χ3v) is 4.72. The lowest BCUT2D eigenvalue weighted by Crippen LogP contribution is -2.29. The molecule has 2 atom stereocenters. The summed E-state index contributed by atoms with van der Waals surface area (Å²) >= 11 is 0. The van der Waals surface area contributed by atoms with Crippen molar-refractivity contribution in [2.75, 3.05) is 0 Å². The van der Waals surface area contributed by atoms with Gasteiger partial charge in [-0.2, -0.15) is 8.78 Å². The molecule has 0 aliphatic carbocycles. The highest BCUT2D eigenvalue weighted by molar-refractivity contribution is 5.77. The molecular formula is C22H23F2N3O3. The fourth-order valence-electron chi connectivity index (χ4n) is 3.32. The van der Waals surface area contributed by atoms with Crippen LogP contribution in [0.25, 0.3) is 11.0 Å². The number of hydrogen-bond acceptors (Lipinski definition) is 4. The van der Waals surface area contributed by atoms with Gasteiger partial charge in [0, 0.05) is 6.92 Å². The van der Waals surface area contributed by atoms with Gasteiger partial charge in [-0.05, 0) is 31.5 Å².